The molecule has 0 bridgehead atoms. The smallest absolute Gasteiger partial charge is 0.433 e. The fraction of sp³-hybridized carbons (Fsp3) is 0.192. The second kappa shape index (κ2) is 9.31. The van der Waals surface area contributed by atoms with Gasteiger partial charge in [-0.15, -0.1) is 0 Å². The summed E-state index contributed by atoms with van der Waals surface area (Å²) in [5.41, 5.74) is 2.90. The highest BCUT2D eigenvalue weighted by atomic mass is 35.5. The quantitative estimate of drug-likeness (QED) is 0.317. The van der Waals surface area contributed by atoms with Gasteiger partial charge in [0.2, 0.25) is 5.88 Å². The van der Waals surface area contributed by atoms with Crippen molar-refractivity contribution in [3.8, 4) is 28.6 Å². The van der Waals surface area contributed by atoms with Crippen LogP contribution in [0.1, 0.15) is 22.4 Å². The van der Waals surface area contributed by atoms with Crippen LogP contribution in [0.5, 0.6) is 17.4 Å². The van der Waals surface area contributed by atoms with Gasteiger partial charge >= 0.3 is 11.9 Å². The van der Waals surface area contributed by atoms with E-state index in [-0.39, 0.29) is 23.9 Å². The van der Waals surface area contributed by atoms with E-state index >= 15 is 0 Å². The molecule has 0 N–H and O–H groups in total. The van der Waals surface area contributed by atoms with E-state index < -0.39 is 11.9 Å². The third-order valence-corrected chi connectivity index (χ3v) is 6.05. The van der Waals surface area contributed by atoms with Gasteiger partial charge in [-0.05, 0) is 66.4 Å². The summed E-state index contributed by atoms with van der Waals surface area (Å²) < 4.78 is 51.2. The van der Waals surface area contributed by atoms with Gasteiger partial charge in [0.1, 0.15) is 23.8 Å². The van der Waals surface area contributed by atoms with Crippen LogP contribution in [0.2, 0.25) is 5.02 Å². The molecule has 0 radical (unpaired) electrons. The standard InChI is InChI=1S/C26H19ClF3N3O3/c1-15-10-16(2-6-22(15)36-19-4-7-23(31-13-19)26(28,29)30)14-35-24-12-21-20-5-3-18(27)11-17(20)8-9-33(21)25(34)32-24/h2-7,10-13H,8-9,14H2,1H3. The summed E-state index contributed by atoms with van der Waals surface area (Å²) in [6.45, 7) is 2.48. The van der Waals surface area contributed by atoms with Crippen LogP contribution in [0.15, 0.2) is 65.6 Å². The number of aryl methyl sites for hydroxylation is 2. The van der Waals surface area contributed by atoms with Crippen molar-refractivity contribution in [2.75, 3.05) is 0 Å². The molecule has 5 rings (SSSR count). The molecule has 0 atom stereocenters. The van der Waals surface area contributed by atoms with Crippen LogP contribution in [0.3, 0.4) is 0 Å². The average Bonchev–Trinajstić information content (AvgIpc) is 2.83. The van der Waals surface area contributed by atoms with Crippen molar-refractivity contribution in [1.82, 2.24) is 14.5 Å². The fourth-order valence-corrected chi connectivity index (χ4v) is 4.25. The minimum atomic E-state index is -4.51. The van der Waals surface area contributed by atoms with E-state index in [9.17, 15) is 18.0 Å². The van der Waals surface area contributed by atoms with Crippen molar-refractivity contribution in [1.29, 1.82) is 0 Å². The first-order chi connectivity index (χ1) is 17.2. The first kappa shape index (κ1) is 23.9. The van der Waals surface area contributed by atoms with Crippen LogP contribution in [0, 0.1) is 6.92 Å². The number of pyridine rings is 1. The number of ether oxygens (including phenoxy) is 2. The lowest BCUT2D eigenvalue weighted by Gasteiger charge is -2.22. The number of aromatic nitrogens is 3. The van der Waals surface area contributed by atoms with Gasteiger partial charge in [-0.2, -0.15) is 18.2 Å². The molecule has 3 heterocycles. The van der Waals surface area contributed by atoms with E-state index in [1.165, 1.54) is 6.07 Å². The zero-order chi connectivity index (χ0) is 25.4. The predicted octanol–water partition coefficient (Wildman–Crippen LogP) is 6.21. The van der Waals surface area contributed by atoms with Gasteiger partial charge < -0.3 is 9.47 Å². The molecule has 2 aromatic carbocycles. The Morgan fingerprint density at radius 2 is 1.92 bits per heavy atom. The minimum Gasteiger partial charge on any atom is -0.473 e. The number of hydrogen-bond acceptors (Lipinski definition) is 5. The van der Waals surface area contributed by atoms with Crippen LogP contribution >= 0.6 is 11.6 Å². The van der Waals surface area contributed by atoms with Gasteiger partial charge in [-0.1, -0.05) is 23.7 Å². The molecule has 1 aliphatic heterocycles. The molecule has 4 aromatic rings. The SMILES string of the molecule is Cc1cc(COc2cc3n(c(=O)n2)CCc2cc(Cl)ccc2-3)ccc1Oc1ccc(C(F)(F)F)nc1. The molecular formula is C26H19ClF3N3O3. The highest BCUT2D eigenvalue weighted by Crippen LogP contribution is 2.32. The molecule has 6 nitrogen and oxygen atoms in total. The Balaban J connectivity index is 1.30. The molecule has 10 heteroatoms. The van der Waals surface area contributed by atoms with Crippen LogP contribution in [-0.4, -0.2) is 14.5 Å². The Morgan fingerprint density at radius 1 is 1.08 bits per heavy atom. The lowest BCUT2D eigenvalue weighted by atomic mass is 9.98. The van der Waals surface area contributed by atoms with E-state index in [0.717, 1.165) is 40.2 Å². The molecule has 0 spiro atoms. The number of halogens is 4. The summed E-state index contributed by atoms with van der Waals surface area (Å²) in [6.07, 6.45) is -2.78. The van der Waals surface area contributed by atoms with Gasteiger partial charge in [0.15, 0.2) is 0 Å². The third-order valence-electron chi connectivity index (χ3n) is 5.82. The summed E-state index contributed by atoms with van der Waals surface area (Å²) in [6, 6.07) is 14.7. The van der Waals surface area contributed by atoms with E-state index in [1.807, 2.05) is 25.1 Å². The predicted molar refractivity (Wildman–Crippen MR) is 127 cm³/mol. The second-order valence-corrected chi connectivity index (χ2v) is 8.77. The van der Waals surface area contributed by atoms with Crippen LogP contribution in [0.25, 0.3) is 11.3 Å². The average molecular weight is 514 g/mol. The highest BCUT2D eigenvalue weighted by Gasteiger charge is 2.32. The molecule has 36 heavy (non-hydrogen) atoms. The van der Waals surface area contributed by atoms with Gasteiger partial charge in [0, 0.05) is 23.2 Å². The lowest BCUT2D eigenvalue weighted by Crippen LogP contribution is -2.28. The Labute approximate surface area is 208 Å². The lowest BCUT2D eigenvalue weighted by molar-refractivity contribution is -0.141. The normalized spacial score (nSPS) is 12.6. The molecule has 0 amide bonds. The van der Waals surface area contributed by atoms with E-state index in [1.54, 1.807) is 28.8 Å². The van der Waals surface area contributed by atoms with Crippen LogP contribution < -0.4 is 15.2 Å². The molecule has 1 aliphatic rings. The zero-order valence-corrected chi connectivity index (χ0v) is 19.7. The van der Waals surface area contributed by atoms with Crippen molar-refractivity contribution in [3.05, 3.63) is 98.7 Å². The van der Waals surface area contributed by atoms with Gasteiger partial charge in [-0.3, -0.25) is 4.57 Å². The van der Waals surface area contributed by atoms with Crippen molar-refractivity contribution >= 4 is 11.6 Å². The van der Waals surface area contributed by atoms with E-state index in [4.69, 9.17) is 21.1 Å². The molecular weight excluding hydrogens is 495 g/mol. The monoisotopic (exact) mass is 513 g/mol. The highest BCUT2D eigenvalue weighted by molar-refractivity contribution is 6.30. The Kier molecular flexibility index (Phi) is 6.17. The second-order valence-electron chi connectivity index (χ2n) is 8.33. The summed E-state index contributed by atoms with van der Waals surface area (Å²) in [4.78, 5) is 20.0. The van der Waals surface area contributed by atoms with Gasteiger partial charge in [0.25, 0.3) is 0 Å². The third kappa shape index (κ3) is 4.92. The Morgan fingerprint density at radius 3 is 2.64 bits per heavy atom. The number of hydrogen-bond donors (Lipinski definition) is 0. The summed E-state index contributed by atoms with van der Waals surface area (Å²) in [5.74, 6) is 0.874. The van der Waals surface area contributed by atoms with Gasteiger partial charge in [-0.25, -0.2) is 9.78 Å². The summed E-state index contributed by atoms with van der Waals surface area (Å²) in [7, 11) is 0. The first-order valence-corrected chi connectivity index (χ1v) is 11.4. The Hall–Kier alpha value is -3.85. The van der Waals surface area contributed by atoms with Crippen molar-refractivity contribution in [3.63, 3.8) is 0 Å². The maximum absolute atomic E-state index is 12.7. The zero-order valence-electron chi connectivity index (χ0n) is 19.0. The molecule has 2 aromatic heterocycles. The molecule has 184 valence electrons. The van der Waals surface area contributed by atoms with Crippen molar-refractivity contribution < 1.29 is 22.6 Å². The number of nitrogens with zero attached hydrogens (tertiary/aromatic N) is 3. The van der Waals surface area contributed by atoms with E-state index in [2.05, 4.69) is 9.97 Å². The number of alkyl halides is 3. The largest absolute Gasteiger partial charge is 0.473 e. The number of benzene rings is 2. The molecule has 0 aliphatic carbocycles. The number of fused-ring (bicyclic) bond motifs is 3. The van der Waals surface area contributed by atoms with Crippen LogP contribution in [0.4, 0.5) is 13.2 Å². The van der Waals surface area contributed by atoms with E-state index in [0.29, 0.717) is 23.7 Å². The minimum absolute atomic E-state index is 0.159. The fourth-order valence-electron chi connectivity index (χ4n) is 4.06. The maximum atomic E-state index is 12.7. The molecule has 0 saturated carbocycles. The molecule has 0 fully saturated rings. The number of rotatable bonds is 5. The van der Waals surface area contributed by atoms with Crippen LogP contribution in [-0.2, 0) is 25.7 Å². The molecule has 0 saturated heterocycles. The first-order valence-electron chi connectivity index (χ1n) is 11.0. The Bertz CT molecular complexity index is 1500. The van der Waals surface area contributed by atoms with Crippen molar-refractivity contribution in [2.45, 2.75) is 32.7 Å². The molecule has 0 unspecified atom stereocenters. The van der Waals surface area contributed by atoms with Gasteiger partial charge in [0.05, 0.1) is 11.9 Å². The summed E-state index contributed by atoms with van der Waals surface area (Å²) >= 11 is 6.12. The topological polar surface area (TPSA) is 66.2 Å². The maximum Gasteiger partial charge on any atom is 0.433 e. The van der Waals surface area contributed by atoms with Crippen molar-refractivity contribution in [2.24, 2.45) is 0 Å². The summed E-state index contributed by atoms with van der Waals surface area (Å²) in [5, 5.41) is 0.646.